The minimum Gasteiger partial charge on any atom is -0.354 e. The molecule has 0 radical (unpaired) electrons. The zero-order chi connectivity index (χ0) is 15.5. The van der Waals surface area contributed by atoms with Gasteiger partial charge in [-0.15, -0.1) is 0 Å². The van der Waals surface area contributed by atoms with Crippen molar-refractivity contribution in [2.75, 3.05) is 13.1 Å². The SMILES string of the molecule is C[C@H](CC(=O)N1CCNC(=O)C[C@@H]1c1ccccc1)C1CC1. The second kappa shape index (κ2) is 6.51. The maximum Gasteiger partial charge on any atom is 0.223 e. The molecule has 1 aromatic carbocycles. The van der Waals surface area contributed by atoms with Gasteiger partial charge < -0.3 is 10.2 Å². The van der Waals surface area contributed by atoms with Gasteiger partial charge in [0.2, 0.25) is 11.8 Å². The number of nitrogens with zero attached hydrogens (tertiary/aromatic N) is 1. The summed E-state index contributed by atoms with van der Waals surface area (Å²) in [6.07, 6.45) is 3.48. The van der Waals surface area contributed by atoms with Gasteiger partial charge in [-0.25, -0.2) is 0 Å². The molecule has 1 saturated heterocycles. The van der Waals surface area contributed by atoms with E-state index in [1.807, 2.05) is 35.2 Å². The van der Waals surface area contributed by atoms with Crippen LogP contribution in [0.4, 0.5) is 0 Å². The Bertz CT molecular complexity index is 539. The van der Waals surface area contributed by atoms with Crippen molar-refractivity contribution in [2.45, 2.75) is 38.6 Å². The highest BCUT2D eigenvalue weighted by atomic mass is 16.2. The molecule has 0 unspecified atom stereocenters. The summed E-state index contributed by atoms with van der Waals surface area (Å²) in [5.41, 5.74) is 1.05. The molecule has 4 nitrogen and oxygen atoms in total. The van der Waals surface area contributed by atoms with E-state index in [1.54, 1.807) is 0 Å². The lowest BCUT2D eigenvalue weighted by Gasteiger charge is -2.30. The molecule has 2 aliphatic rings. The maximum atomic E-state index is 12.8. The van der Waals surface area contributed by atoms with Crippen LogP contribution in [0.1, 0.15) is 44.2 Å². The lowest BCUT2D eigenvalue weighted by Crippen LogP contribution is -2.37. The number of carbonyl (C=O) groups excluding carboxylic acids is 2. The lowest BCUT2D eigenvalue weighted by atomic mass is 9.98. The summed E-state index contributed by atoms with van der Waals surface area (Å²) >= 11 is 0. The van der Waals surface area contributed by atoms with E-state index in [2.05, 4.69) is 12.2 Å². The van der Waals surface area contributed by atoms with Crippen molar-refractivity contribution in [3.05, 3.63) is 35.9 Å². The first-order chi connectivity index (χ1) is 10.6. The van der Waals surface area contributed by atoms with Crippen LogP contribution >= 0.6 is 0 Å². The van der Waals surface area contributed by atoms with Crippen molar-refractivity contribution in [2.24, 2.45) is 11.8 Å². The first-order valence-electron chi connectivity index (χ1n) is 8.26. The van der Waals surface area contributed by atoms with Crippen molar-refractivity contribution < 1.29 is 9.59 Å². The van der Waals surface area contributed by atoms with Gasteiger partial charge >= 0.3 is 0 Å². The summed E-state index contributed by atoms with van der Waals surface area (Å²) in [6, 6.07) is 9.77. The normalized spacial score (nSPS) is 23.6. The van der Waals surface area contributed by atoms with Gasteiger partial charge in [0.05, 0.1) is 12.5 Å². The molecule has 2 atom stereocenters. The van der Waals surface area contributed by atoms with Crippen LogP contribution in [0.5, 0.6) is 0 Å². The van der Waals surface area contributed by atoms with Crippen LogP contribution in [0.3, 0.4) is 0 Å². The minimum atomic E-state index is -0.136. The second-order valence-corrected chi connectivity index (χ2v) is 6.59. The molecule has 1 aromatic rings. The lowest BCUT2D eigenvalue weighted by molar-refractivity contribution is -0.134. The topological polar surface area (TPSA) is 49.4 Å². The van der Waals surface area contributed by atoms with Crippen LogP contribution in [-0.4, -0.2) is 29.8 Å². The Kier molecular flexibility index (Phi) is 4.46. The average molecular weight is 300 g/mol. The number of nitrogens with one attached hydrogen (secondary N) is 1. The molecule has 3 rings (SSSR count). The highest BCUT2D eigenvalue weighted by Gasteiger charge is 2.34. The van der Waals surface area contributed by atoms with E-state index in [0.29, 0.717) is 31.8 Å². The number of carbonyl (C=O) groups is 2. The van der Waals surface area contributed by atoms with E-state index >= 15 is 0 Å². The first kappa shape index (κ1) is 15.1. The predicted octanol–water partition coefficient (Wildman–Crippen LogP) is 2.51. The van der Waals surface area contributed by atoms with Gasteiger partial charge in [0.15, 0.2) is 0 Å². The molecule has 1 aliphatic carbocycles. The number of amides is 2. The Labute approximate surface area is 131 Å². The van der Waals surface area contributed by atoms with E-state index in [0.717, 1.165) is 11.5 Å². The largest absolute Gasteiger partial charge is 0.354 e. The summed E-state index contributed by atoms with van der Waals surface area (Å²) in [6.45, 7) is 3.32. The van der Waals surface area contributed by atoms with Gasteiger partial charge in [0.25, 0.3) is 0 Å². The zero-order valence-electron chi connectivity index (χ0n) is 13.1. The molecule has 4 heteroatoms. The molecule has 1 aliphatic heterocycles. The fraction of sp³-hybridized carbons (Fsp3) is 0.556. The molecule has 2 amide bonds. The van der Waals surface area contributed by atoms with E-state index in [-0.39, 0.29) is 17.9 Å². The van der Waals surface area contributed by atoms with Gasteiger partial charge in [-0.2, -0.15) is 0 Å². The van der Waals surface area contributed by atoms with Crippen molar-refractivity contribution in [1.29, 1.82) is 0 Å². The first-order valence-corrected chi connectivity index (χ1v) is 8.26. The summed E-state index contributed by atoms with van der Waals surface area (Å²) in [4.78, 5) is 26.6. The van der Waals surface area contributed by atoms with Crippen LogP contribution < -0.4 is 5.32 Å². The van der Waals surface area contributed by atoms with E-state index in [4.69, 9.17) is 0 Å². The summed E-state index contributed by atoms with van der Waals surface area (Å²) in [5, 5.41) is 2.88. The van der Waals surface area contributed by atoms with Crippen LogP contribution in [0.15, 0.2) is 30.3 Å². The van der Waals surface area contributed by atoms with Gasteiger partial charge in [0.1, 0.15) is 0 Å². The molecule has 0 aromatic heterocycles. The van der Waals surface area contributed by atoms with Crippen LogP contribution in [0, 0.1) is 11.8 Å². The van der Waals surface area contributed by atoms with Crippen molar-refractivity contribution in [3.63, 3.8) is 0 Å². The van der Waals surface area contributed by atoms with Crippen LogP contribution in [0.2, 0.25) is 0 Å². The summed E-state index contributed by atoms with van der Waals surface area (Å²) in [7, 11) is 0. The predicted molar refractivity (Wildman–Crippen MR) is 85.0 cm³/mol. The number of hydrogen-bond donors (Lipinski definition) is 1. The molecule has 0 bridgehead atoms. The van der Waals surface area contributed by atoms with Crippen molar-refractivity contribution in [1.82, 2.24) is 10.2 Å². The average Bonchev–Trinajstić information content (AvgIpc) is 3.35. The molecule has 0 spiro atoms. The molecular weight excluding hydrogens is 276 g/mol. The van der Waals surface area contributed by atoms with Crippen LogP contribution in [0.25, 0.3) is 0 Å². The van der Waals surface area contributed by atoms with Gasteiger partial charge in [-0.1, -0.05) is 37.3 Å². The third-order valence-corrected chi connectivity index (χ3v) is 4.86. The Hall–Kier alpha value is -1.84. The molecule has 2 fully saturated rings. The molecule has 1 N–H and O–H groups in total. The van der Waals surface area contributed by atoms with E-state index in [9.17, 15) is 9.59 Å². The molecular formula is C18H24N2O2. The smallest absolute Gasteiger partial charge is 0.223 e. The Balaban J connectivity index is 1.78. The zero-order valence-corrected chi connectivity index (χ0v) is 13.1. The third kappa shape index (κ3) is 3.49. The Morgan fingerprint density at radius 2 is 2.05 bits per heavy atom. The highest BCUT2D eigenvalue weighted by molar-refractivity contribution is 5.81. The fourth-order valence-electron chi connectivity index (χ4n) is 3.33. The van der Waals surface area contributed by atoms with Crippen LogP contribution in [-0.2, 0) is 9.59 Å². The third-order valence-electron chi connectivity index (χ3n) is 4.86. The standard InChI is InChI=1S/C18H24N2O2/c1-13(14-7-8-14)11-18(22)20-10-9-19-17(21)12-16(20)15-5-3-2-4-6-15/h2-6,13-14,16H,7-12H2,1H3,(H,19,21)/t13-,16-/m1/s1. The number of benzene rings is 1. The van der Waals surface area contributed by atoms with Gasteiger partial charge in [-0.05, 0) is 30.2 Å². The summed E-state index contributed by atoms with van der Waals surface area (Å²) < 4.78 is 0. The molecule has 1 saturated carbocycles. The van der Waals surface area contributed by atoms with Gasteiger partial charge in [-0.3, -0.25) is 9.59 Å². The van der Waals surface area contributed by atoms with E-state index in [1.165, 1.54) is 12.8 Å². The Morgan fingerprint density at radius 1 is 1.32 bits per heavy atom. The van der Waals surface area contributed by atoms with Gasteiger partial charge in [0, 0.05) is 19.5 Å². The molecule has 22 heavy (non-hydrogen) atoms. The Morgan fingerprint density at radius 3 is 2.73 bits per heavy atom. The number of rotatable bonds is 4. The number of hydrogen-bond acceptors (Lipinski definition) is 2. The summed E-state index contributed by atoms with van der Waals surface area (Å²) in [5.74, 6) is 1.39. The second-order valence-electron chi connectivity index (χ2n) is 6.59. The monoisotopic (exact) mass is 300 g/mol. The maximum absolute atomic E-state index is 12.8. The molecule has 118 valence electrons. The van der Waals surface area contributed by atoms with Crippen molar-refractivity contribution >= 4 is 11.8 Å². The molecule has 1 heterocycles. The fourth-order valence-corrected chi connectivity index (χ4v) is 3.33. The van der Waals surface area contributed by atoms with E-state index < -0.39 is 0 Å². The minimum absolute atomic E-state index is 0.0272. The highest BCUT2D eigenvalue weighted by Crippen LogP contribution is 2.39. The van der Waals surface area contributed by atoms with Crippen molar-refractivity contribution in [3.8, 4) is 0 Å². The quantitative estimate of drug-likeness (QED) is 0.929.